The van der Waals surface area contributed by atoms with E-state index in [1.807, 2.05) is 0 Å². The molecule has 2 aliphatic rings. The summed E-state index contributed by atoms with van der Waals surface area (Å²) in [4.78, 5) is 0. The van der Waals surface area contributed by atoms with E-state index in [9.17, 15) is 0 Å². The van der Waals surface area contributed by atoms with E-state index in [-0.39, 0.29) is 0 Å². The second-order valence-corrected chi connectivity index (χ2v) is 4.35. The minimum Gasteiger partial charge on any atom is -0.381 e. The summed E-state index contributed by atoms with van der Waals surface area (Å²) in [5, 5.41) is 0. The molecule has 0 aromatic carbocycles. The van der Waals surface area contributed by atoms with Crippen LogP contribution in [0.5, 0.6) is 0 Å². The van der Waals surface area contributed by atoms with Gasteiger partial charge >= 0.3 is 0 Å². The number of thioether (sulfide) groups is 1. The van der Waals surface area contributed by atoms with E-state index in [0.29, 0.717) is 0 Å². The van der Waals surface area contributed by atoms with E-state index in [0.717, 1.165) is 25.0 Å². The summed E-state index contributed by atoms with van der Waals surface area (Å²) < 4.78 is 5.50. The third-order valence-corrected chi connectivity index (χ3v) is 3.85. The largest absolute Gasteiger partial charge is 0.381 e. The van der Waals surface area contributed by atoms with Crippen LogP contribution in [0.1, 0.15) is 12.8 Å². The highest BCUT2D eigenvalue weighted by molar-refractivity contribution is 7.99. The standard InChI is InChI=1S/C8H14OS/c1-2-7-5-10-6-8(7)4-9-3-1/h7-8H,1-6H2. The van der Waals surface area contributed by atoms with Crippen LogP contribution < -0.4 is 0 Å². The van der Waals surface area contributed by atoms with Crippen molar-refractivity contribution in [2.75, 3.05) is 24.7 Å². The lowest BCUT2D eigenvalue weighted by Gasteiger charge is -2.12. The summed E-state index contributed by atoms with van der Waals surface area (Å²) in [6.07, 6.45) is 2.71. The van der Waals surface area contributed by atoms with Crippen LogP contribution in [0, 0.1) is 11.8 Å². The molecule has 0 aromatic rings. The summed E-state index contributed by atoms with van der Waals surface area (Å²) in [5.41, 5.74) is 0. The van der Waals surface area contributed by atoms with Gasteiger partial charge in [-0.25, -0.2) is 0 Å². The summed E-state index contributed by atoms with van der Waals surface area (Å²) in [6.45, 7) is 2.05. The molecule has 2 saturated heterocycles. The molecular weight excluding hydrogens is 144 g/mol. The Morgan fingerprint density at radius 3 is 3.10 bits per heavy atom. The van der Waals surface area contributed by atoms with Gasteiger partial charge in [0.25, 0.3) is 0 Å². The molecule has 2 rings (SSSR count). The van der Waals surface area contributed by atoms with Gasteiger partial charge in [0.05, 0.1) is 6.61 Å². The van der Waals surface area contributed by atoms with Crippen molar-refractivity contribution in [2.45, 2.75) is 12.8 Å². The molecule has 2 atom stereocenters. The van der Waals surface area contributed by atoms with Gasteiger partial charge in [0.2, 0.25) is 0 Å². The van der Waals surface area contributed by atoms with Gasteiger partial charge in [-0.1, -0.05) is 0 Å². The minimum absolute atomic E-state index is 0.896. The van der Waals surface area contributed by atoms with E-state index in [1.54, 1.807) is 0 Å². The number of hydrogen-bond donors (Lipinski definition) is 0. The van der Waals surface area contributed by atoms with Crippen molar-refractivity contribution in [3.05, 3.63) is 0 Å². The first-order valence-electron chi connectivity index (χ1n) is 4.12. The Bertz CT molecular complexity index is 104. The van der Waals surface area contributed by atoms with Crippen molar-refractivity contribution >= 4 is 11.8 Å². The maximum Gasteiger partial charge on any atom is 0.0505 e. The molecule has 0 saturated carbocycles. The highest BCUT2D eigenvalue weighted by Gasteiger charge is 2.28. The van der Waals surface area contributed by atoms with Crippen LogP contribution in [0.4, 0.5) is 0 Å². The monoisotopic (exact) mass is 158 g/mol. The number of fused-ring (bicyclic) bond motifs is 1. The SMILES string of the molecule is C1COCC2CSCC2C1. The maximum atomic E-state index is 5.50. The molecule has 58 valence electrons. The zero-order chi connectivity index (χ0) is 6.81. The topological polar surface area (TPSA) is 9.23 Å². The molecular formula is C8H14OS. The number of hydrogen-bond acceptors (Lipinski definition) is 2. The Morgan fingerprint density at radius 1 is 1.20 bits per heavy atom. The van der Waals surface area contributed by atoms with E-state index in [1.165, 1.54) is 24.3 Å². The third kappa shape index (κ3) is 1.32. The lowest BCUT2D eigenvalue weighted by molar-refractivity contribution is 0.117. The molecule has 2 heterocycles. The van der Waals surface area contributed by atoms with Crippen LogP contribution in [-0.4, -0.2) is 24.7 Å². The minimum atomic E-state index is 0.896. The molecule has 0 spiro atoms. The molecule has 0 aromatic heterocycles. The molecule has 2 heteroatoms. The molecule has 2 aliphatic heterocycles. The molecule has 10 heavy (non-hydrogen) atoms. The van der Waals surface area contributed by atoms with Crippen LogP contribution in [0.25, 0.3) is 0 Å². The molecule has 2 unspecified atom stereocenters. The van der Waals surface area contributed by atoms with Crippen molar-refractivity contribution in [1.82, 2.24) is 0 Å². The van der Waals surface area contributed by atoms with E-state index < -0.39 is 0 Å². The summed E-state index contributed by atoms with van der Waals surface area (Å²) in [6, 6.07) is 0. The van der Waals surface area contributed by atoms with E-state index in [2.05, 4.69) is 11.8 Å². The van der Waals surface area contributed by atoms with Gasteiger partial charge in [-0.2, -0.15) is 11.8 Å². The first-order valence-corrected chi connectivity index (χ1v) is 5.28. The second-order valence-electron chi connectivity index (χ2n) is 3.27. The molecule has 0 aliphatic carbocycles. The molecule has 0 radical (unpaired) electrons. The summed E-state index contributed by atoms with van der Waals surface area (Å²) >= 11 is 2.11. The van der Waals surface area contributed by atoms with Gasteiger partial charge in [0, 0.05) is 6.61 Å². The van der Waals surface area contributed by atoms with Gasteiger partial charge < -0.3 is 4.74 Å². The first kappa shape index (κ1) is 6.99. The number of rotatable bonds is 0. The highest BCUT2D eigenvalue weighted by atomic mass is 32.2. The van der Waals surface area contributed by atoms with Crippen molar-refractivity contribution in [1.29, 1.82) is 0 Å². The quantitative estimate of drug-likeness (QED) is 0.531. The zero-order valence-electron chi connectivity index (χ0n) is 6.21. The van der Waals surface area contributed by atoms with Crippen LogP contribution >= 0.6 is 11.8 Å². The van der Waals surface area contributed by atoms with E-state index >= 15 is 0 Å². The summed E-state index contributed by atoms with van der Waals surface area (Å²) in [7, 11) is 0. The fourth-order valence-corrected chi connectivity index (χ4v) is 3.38. The predicted molar refractivity (Wildman–Crippen MR) is 44.4 cm³/mol. The molecule has 1 nitrogen and oxygen atoms in total. The highest BCUT2D eigenvalue weighted by Crippen LogP contribution is 2.34. The van der Waals surface area contributed by atoms with Crippen molar-refractivity contribution < 1.29 is 4.74 Å². The Hall–Kier alpha value is 0.310. The van der Waals surface area contributed by atoms with Gasteiger partial charge in [-0.3, -0.25) is 0 Å². The Labute approximate surface area is 66.5 Å². The van der Waals surface area contributed by atoms with Crippen LogP contribution in [0.3, 0.4) is 0 Å². The molecule has 0 bridgehead atoms. The van der Waals surface area contributed by atoms with Crippen LogP contribution in [-0.2, 0) is 4.74 Å². The van der Waals surface area contributed by atoms with Crippen LogP contribution in [0.2, 0.25) is 0 Å². The van der Waals surface area contributed by atoms with Gasteiger partial charge in [0.1, 0.15) is 0 Å². The predicted octanol–water partition coefficient (Wildman–Crippen LogP) is 1.78. The molecule has 2 fully saturated rings. The maximum absolute atomic E-state index is 5.50. The lowest BCUT2D eigenvalue weighted by Crippen LogP contribution is -2.14. The third-order valence-electron chi connectivity index (χ3n) is 2.53. The Balaban J connectivity index is 1.95. The fourth-order valence-electron chi connectivity index (χ4n) is 1.83. The Kier molecular flexibility index (Phi) is 2.19. The van der Waals surface area contributed by atoms with Crippen molar-refractivity contribution in [3.63, 3.8) is 0 Å². The second kappa shape index (κ2) is 3.14. The Morgan fingerprint density at radius 2 is 2.10 bits per heavy atom. The fraction of sp³-hybridized carbons (Fsp3) is 1.00. The van der Waals surface area contributed by atoms with Gasteiger partial charge in [0.15, 0.2) is 0 Å². The van der Waals surface area contributed by atoms with E-state index in [4.69, 9.17) is 4.74 Å². The normalized spacial score (nSPS) is 40.8. The van der Waals surface area contributed by atoms with Crippen molar-refractivity contribution in [3.8, 4) is 0 Å². The lowest BCUT2D eigenvalue weighted by atomic mass is 9.93. The zero-order valence-corrected chi connectivity index (χ0v) is 7.03. The summed E-state index contributed by atoms with van der Waals surface area (Å²) in [5.74, 6) is 4.64. The molecule has 0 N–H and O–H groups in total. The van der Waals surface area contributed by atoms with Crippen molar-refractivity contribution in [2.24, 2.45) is 11.8 Å². The smallest absolute Gasteiger partial charge is 0.0505 e. The average molecular weight is 158 g/mol. The van der Waals surface area contributed by atoms with Crippen LogP contribution in [0.15, 0.2) is 0 Å². The number of ether oxygens (including phenoxy) is 1. The average Bonchev–Trinajstić information content (AvgIpc) is 2.28. The van der Waals surface area contributed by atoms with Gasteiger partial charge in [-0.05, 0) is 36.2 Å². The molecule has 0 amide bonds. The van der Waals surface area contributed by atoms with Gasteiger partial charge in [-0.15, -0.1) is 0 Å². The first-order chi connectivity index (χ1) is 4.97.